The highest BCUT2D eigenvalue weighted by atomic mass is 16.2. The summed E-state index contributed by atoms with van der Waals surface area (Å²) in [6, 6.07) is 22.0. The van der Waals surface area contributed by atoms with Crippen molar-refractivity contribution in [2.75, 3.05) is 5.32 Å². The number of amides is 1. The average Bonchev–Trinajstić information content (AvgIpc) is 2.75. The molecule has 0 aliphatic carbocycles. The van der Waals surface area contributed by atoms with Gasteiger partial charge in [-0.2, -0.15) is 0 Å². The Morgan fingerprint density at radius 2 is 1.58 bits per heavy atom. The van der Waals surface area contributed by atoms with Crippen LogP contribution in [0.2, 0.25) is 0 Å². The number of hydrogen-bond acceptors (Lipinski definition) is 3. The molecule has 1 heterocycles. The number of benzene rings is 3. The molecule has 1 N–H and O–H groups in total. The van der Waals surface area contributed by atoms with Gasteiger partial charge < -0.3 is 5.32 Å². The lowest BCUT2D eigenvalue weighted by Gasteiger charge is -2.14. The first kappa shape index (κ1) is 20.3. The van der Waals surface area contributed by atoms with Crippen LogP contribution in [-0.2, 0) is 17.9 Å². The van der Waals surface area contributed by atoms with Crippen molar-refractivity contribution >= 4 is 22.5 Å². The smallest absolute Gasteiger partial charge is 0.325 e. The van der Waals surface area contributed by atoms with Gasteiger partial charge in [0, 0.05) is 5.69 Å². The number of rotatable bonds is 5. The molecular formula is C25H23N3O3. The van der Waals surface area contributed by atoms with Gasteiger partial charge in [0.25, 0.3) is 5.56 Å². The van der Waals surface area contributed by atoms with Crippen molar-refractivity contribution in [3.05, 3.63) is 110 Å². The number of hydrogen-bond donors (Lipinski definition) is 1. The fourth-order valence-electron chi connectivity index (χ4n) is 3.61. The van der Waals surface area contributed by atoms with E-state index in [0.29, 0.717) is 16.6 Å². The highest BCUT2D eigenvalue weighted by Gasteiger charge is 2.15. The lowest BCUT2D eigenvalue weighted by molar-refractivity contribution is -0.116. The fourth-order valence-corrected chi connectivity index (χ4v) is 3.61. The van der Waals surface area contributed by atoms with E-state index < -0.39 is 5.69 Å². The molecule has 1 aromatic heterocycles. The molecule has 31 heavy (non-hydrogen) atoms. The summed E-state index contributed by atoms with van der Waals surface area (Å²) in [6.07, 6.45) is 0. The SMILES string of the molecule is Cc1ccc(Cn2c(=O)c3ccccc3n(CC(=O)Nc3cccc(C)c3)c2=O)cc1. The summed E-state index contributed by atoms with van der Waals surface area (Å²) < 4.78 is 2.54. The maximum absolute atomic E-state index is 13.3. The highest BCUT2D eigenvalue weighted by molar-refractivity contribution is 5.91. The first-order chi connectivity index (χ1) is 14.9. The molecule has 0 atom stereocenters. The summed E-state index contributed by atoms with van der Waals surface area (Å²) in [5.74, 6) is -0.335. The van der Waals surface area contributed by atoms with Crippen LogP contribution in [0.5, 0.6) is 0 Å². The van der Waals surface area contributed by atoms with Gasteiger partial charge in [-0.15, -0.1) is 0 Å². The van der Waals surface area contributed by atoms with E-state index >= 15 is 0 Å². The molecule has 156 valence electrons. The van der Waals surface area contributed by atoms with Crippen molar-refractivity contribution in [1.29, 1.82) is 0 Å². The molecule has 4 rings (SSSR count). The van der Waals surface area contributed by atoms with Gasteiger partial charge in [-0.1, -0.05) is 54.1 Å². The molecular weight excluding hydrogens is 390 g/mol. The minimum Gasteiger partial charge on any atom is -0.325 e. The summed E-state index contributed by atoms with van der Waals surface area (Å²) in [5, 5.41) is 3.23. The molecule has 3 aromatic carbocycles. The van der Waals surface area contributed by atoms with E-state index in [1.165, 1.54) is 9.13 Å². The predicted molar refractivity (Wildman–Crippen MR) is 123 cm³/mol. The first-order valence-electron chi connectivity index (χ1n) is 10.1. The van der Waals surface area contributed by atoms with E-state index in [1.807, 2.05) is 56.3 Å². The van der Waals surface area contributed by atoms with E-state index in [1.54, 1.807) is 30.3 Å². The van der Waals surface area contributed by atoms with E-state index in [9.17, 15) is 14.4 Å². The Kier molecular flexibility index (Phi) is 5.54. The van der Waals surface area contributed by atoms with Crippen LogP contribution in [0.4, 0.5) is 5.69 Å². The quantitative estimate of drug-likeness (QED) is 0.545. The van der Waals surface area contributed by atoms with Gasteiger partial charge in [-0.05, 0) is 49.2 Å². The topological polar surface area (TPSA) is 73.1 Å². The number of aryl methyl sites for hydroxylation is 2. The third kappa shape index (κ3) is 4.33. The number of anilines is 1. The Morgan fingerprint density at radius 3 is 2.32 bits per heavy atom. The Morgan fingerprint density at radius 1 is 0.839 bits per heavy atom. The molecule has 1 amide bonds. The van der Waals surface area contributed by atoms with E-state index in [-0.39, 0.29) is 24.6 Å². The van der Waals surface area contributed by atoms with Crippen LogP contribution in [0.25, 0.3) is 10.9 Å². The minimum atomic E-state index is -0.510. The predicted octanol–water partition coefficient (Wildman–Crippen LogP) is 3.47. The molecule has 0 spiro atoms. The summed E-state index contributed by atoms with van der Waals surface area (Å²) in [4.78, 5) is 39.0. The van der Waals surface area contributed by atoms with Crippen molar-refractivity contribution in [2.24, 2.45) is 0 Å². The van der Waals surface area contributed by atoms with Gasteiger partial charge in [-0.3, -0.25) is 18.7 Å². The molecule has 0 unspecified atom stereocenters. The number of aromatic nitrogens is 2. The Balaban J connectivity index is 1.75. The number of carbonyl (C=O) groups is 1. The lowest BCUT2D eigenvalue weighted by Crippen LogP contribution is -2.42. The Hall–Kier alpha value is -3.93. The van der Waals surface area contributed by atoms with Crippen LogP contribution in [0, 0.1) is 13.8 Å². The molecule has 0 saturated carbocycles. The molecule has 4 aromatic rings. The van der Waals surface area contributed by atoms with Gasteiger partial charge in [-0.25, -0.2) is 4.79 Å². The number of fused-ring (bicyclic) bond motifs is 1. The largest absolute Gasteiger partial charge is 0.332 e. The zero-order valence-corrected chi connectivity index (χ0v) is 17.5. The summed E-state index contributed by atoms with van der Waals surface area (Å²) >= 11 is 0. The van der Waals surface area contributed by atoms with Crippen LogP contribution < -0.4 is 16.6 Å². The molecule has 0 fully saturated rings. The number of para-hydroxylation sites is 1. The van der Waals surface area contributed by atoms with Gasteiger partial charge in [0.15, 0.2) is 0 Å². The van der Waals surface area contributed by atoms with Crippen molar-refractivity contribution in [1.82, 2.24) is 9.13 Å². The van der Waals surface area contributed by atoms with Crippen LogP contribution in [0.1, 0.15) is 16.7 Å². The Labute approximate surface area is 179 Å². The molecule has 0 saturated heterocycles. The molecule has 0 bridgehead atoms. The standard InChI is InChI=1S/C25H23N3O3/c1-17-10-12-19(13-11-17)15-28-24(30)21-8-3-4-9-22(21)27(25(28)31)16-23(29)26-20-7-5-6-18(2)14-20/h3-14H,15-16H2,1-2H3,(H,26,29). The van der Waals surface area contributed by atoms with Crippen LogP contribution in [0.15, 0.2) is 82.4 Å². The zero-order chi connectivity index (χ0) is 22.0. The summed E-state index contributed by atoms with van der Waals surface area (Å²) in [6.45, 7) is 3.87. The highest BCUT2D eigenvalue weighted by Crippen LogP contribution is 2.12. The fraction of sp³-hybridized carbons (Fsp3) is 0.160. The number of nitrogens with one attached hydrogen (secondary N) is 1. The Bertz CT molecular complexity index is 1380. The maximum atomic E-state index is 13.3. The zero-order valence-electron chi connectivity index (χ0n) is 17.5. The molecule has 0 radical (unpaired) electrons. The number of nitrogens with zero attached hydrogens (tertiary/aromatic N) is 2. The third-order valence-corrected chi connectivity index (χ3v) is 5.20. The second-order valence-electron chi connectivity index (χ2n) is 7.68. The van der Waals surface area contributed by atoms with Crippen molar-refractivity contribution in [3.63, 3.8) is 0 Å². The normalized spacial score (nSPS) is 10.9. The minimum absolute atomic E-state index is 0.141. The molecule has 0 aliphatic rings. The monoisotopic (exact) mass is 413 g/mol. The summed E-state index contributed by atoms with van der Waals surface area (Å²) in [5.41, 5.74) is 3.19. The van der Waals surface area contributed by atoms with Gasteiger partial charge in [0.1, 0.15) is 6.54 Å². The van der Waals surface area contributed by atoms with Crippen LogP contribution in [0.3, 0.4) is 0 Å². The van der Waals surface area contributed by atoms with Crippen LogP contribution >= 0.6 is 0 Å². The van der Waals surface area contributed by atoms with E-state index in [4.69, 9.17) is 0 Å². The van der Waals surface area contributed by atoms with Crippen molar-refractivity contribution in [3.8, 4) is 0 Å². The van der Waals surface area contributed by atoms with Crippen molar-refractivity contribution in [2.45, 2.75) is 26.9 Å². The molecule has 0 aliphatic heterocycles. The van der Waals surface area contributed by atoms with Crippen molar-refractivity contribution < 1.29 is 4.79 Å². The maximum Gasteiger partial charge on any atom is 0.332 e. The lowest BCUT2D eigenvalue weighted by atomic mass is 10.1. The summed E-state index contributed by atoms with van der Waals surface area (Å²) in [7, 11) is 0. The van der Waals surface area contributed by atoms with Gasteiger partial charge in [0.05, 0.1) is 17.4 Å². The van der Waals surface area contributed by atoms with Gasteiger partial charge in [0.2, 0.25) is 5.91 Å². The van der Waals surface area contributed by atoms with E-state index in [2.05, 4.69) is 5.32 Å². The van der Waals surface area contributed by atoms with Gasteiger partial charge >= 0.3 is 5.69 Å². The van der Waals surface area contributed by atoms with Crippen LogP contribution in [-0.4, -0.2) is 15.0 Å². The second-order valence-corrected chi connectivity index (χ2v) is 7.68. The number of carbonyl (C=O) groups excluding carboxylic acids is 1. The molecule has 6 heteroatoms. The third-order valence-electron chi connectivity index (χ3n) is 5.20. The molecule has 6 nitrogen and oxygen atoms in total. The first-order valence-corrected chi connectivity index (χ1v) is 10.1. The second kappa shape index (κ2) is 8.44. The average molecular weight is 413 g/mol. The van der Waals surface area contributed by atoms with E-state index in [0.717, 1.165) is 16.7 Å².